The summed E-state index contributed by atoms with van der Waals surface area (Å²) < 4.78 is 31.0. The Kier molecular flexibility index (Phi) is 9.18. The third-order valence-corrected chi connectivity index (χ3v) is 9.37. The van der Waals surface area contributed by atoms with E-state index in [9.17, 15) is 13.2 Å². The molecule has 8 nitrogen and oxygen atoms in total. The molecule has 1 amide bonds. The number of carbonyl (C=O) groups is 1. The Morgan fingerprint density at radius 3 is 2.29 bits per heavy atom. The molecule has 0 bridgehead atoms. The van der Waals surface area contributed by atoms with E-state index in [1.807, 2.05) is 37.3 Å². The van der Waals surface area contributed by atoms with Gasteiger partial charge in [0.25, 0.3) is 10.0 Å². The number of nitrogens with zero attached hydrogens (tertiary/aromatic N) is 4. The second-order valence-corrected chi connectivity index (χ2v) is 12.9. The van der Waals surface area contributed by atoms with Crippen LogP contribution < -0.4 is 9.62 Å². The minimum absolute atomic E-state index is 0.0489. The van der Waals surface area contributed by atoms with Gasteiger partial charge in [-0.25, -0.2) is 8.42 Å². The van der Waals surface area contributed by atoms with Gasteiger partial charge < -0.3 is 5.32 Å². The lowest BCUT2D eigenvalue weighted by atomic mass is 10.2. The molecule has 214 valence electrons. The van der Waals surface area contributed by atoms with Crippen LogP contribution in [0.5, 0.6) is 0 Å². The Bertz CT molecular complexity index is 1800. The number of halogens is 2. The summed E-state index contributed by atoms with van der Waals surface area (Å²) in [6.07, 6.45) is 0. The number of aryl methyl sites for hydroxylation is 1. The second kappa shape index (κ2) is 13.0. The molecule has 1 heterocycles. The number of hydrogen-bond donors (Lipinski definition) is 1. The smallest absolute Gasteiger partial charge is 0.264 e. The number of para-hydroxylation sites is 1. The van der Waals surface area contributed by atoms with E-state index in [1.54, 1.807) is 77.4 Å². The molecule has 5 aromatic rings. The fourth-order valence-electron chi connectivity index (χ4n) is 4.11. The fraction of sp³-hybridized carbons (Fsp3) is 0.100. The molecule has 0 aliphatic carbocycles. The first kappa shape index (κ1) is 29.7. The van der Waals surface area contributed by atoms with Crippen LogP contribution in [0.3, 0.4) is 0 Å². The number of amides is 1. The molecule has 0 saturated carbocycles. The van der Waals surface area contributed by atoms with Crippen LogP contribution in [0.15, 0.2) is 113 Å². The molecule has 0 aliphatic heterocycles. The zero-order chi connectivity index (χ0) is 29.7. The van der Waals surface area contributed by atoms with Gasteiger partial charge in [-0.1, -0.05) is 76.9 Å². The average Bonchev–Trinajstić information content (AvgIpc) is 3.39. The zero-order valence-corrected chi connectivity index (χ0v) is 25.5. The highest BCUT2D eigenvalue weighted by molar-refractivity contribution is 7.99. The van der Waals surface area contributed by atoms with Crippen molar-refractivity contribution in [3.05, 3.63) is 125 Å². The Morgan fingerprint density at radius 2 is 1.60 bits per heavy atom. The first-order valence-electron chi connectivity index (χ1n) is 12.7. The minimum Gasteiger partial charge on any atom is -0.325 e. The highest BCUT2D eigenvalue weighted by Crippen LogP contribution is 2.30. The van der Waals surface area contributed by atoms with Crippen LogP contribution in [-0.2, 0) is 21.4 Å². The molecule has 0 spiro atoms. The SMILES string of the molecule is Cc1ccc(S(=O)(=O)N(Cc2nnc(SCC(=O)Nc3ccc(Cl)cc3)n2-c2ccccc2)c2cccc(Cl)c2)cc1. The van der Waals surface area contributed by atoms with Crippen molar-refractivity contribution in [1.82, 2.24) is 14.8 Å². The van der Waals surface area contributed by atoms with E-state index in [0.29, 0.717) is 32.4 Å². The number of carbonyl (C=O) groups excluding carboxylic acids is 1. The maximum atomic E-state index is 14.0. The number of nitrogens with one attached hydrogen (secondary N) is 1. The van der Waals surface area contributed by atoms with E-state index in [1.165, 1.54) is 16.1 Å². The van der Waals surface area contributed by atoms with Gasteiger partial charge in [0.1, 0.15) is 0 Å². The highest BCUT2D eigenvalue weighted by atomic mass is 35.5. The van der Waals surface area contributed by atoms with Crippen LogP contribution in [0, 0.1) is 6.92 Å². The predicted octanol–water partition coefficient (Wildman–Crippen LogP) is 7.01. The Hall–Kier alpha value is -3.83. The van der Waals surface area contributed by atoms with Gasteiger partial charge in [0.15, 0.2) is 11.0 Å². The van der Waals surface area contributed by atoms with Crippen LogP contribution in [-0.4, -0.2) is 34.8 Å². The molecule has 42 heavy (non-hydrogen) atoms. The summed E-state index contributed by atoms with van der Waals surface area (Å²) in [4.78, 5) is 12.8. The van der Waals surface area contributed by atoms with Crippen molar-refractivity contribution >= 4 is 62.3 Å². The van der Waals surface area contributed by atoms with E-state index in [4.69, 9.17) is 23.2 Å². The second-order valence-electron chi connectivity index (χ2n) is 9.22. The van der Waals surface area contributed by atoms with E-state index in [-0.39, 0.29) is 23.1 Å². The number of hydrogen-bond acceptors (Lipinski definition) is 6. The van der Waals surface area contributed by atoms with Crippen molar-refractivity contribution in [3.63, 3.8) is 0 Å². The number of thioether (sulfide) groups is 1. The lowest BCUT2D eigenvalue weighted by Crippen LogP contribution is -2.31. The Labute approximate surface area is 258 Å². The van der Waals surface area contributed by atoms with Crippen LogP contribution >= 0.6 is 35.0 Å². The molecule has 5 rings (SSSR count). The molecule has 0 atom stereocenters. The maximum Gasteiger partial charge on any atom is 0.264 e. The number of aromatic nitrogens is 3. The van der Waals surface area contributed by atoms with Crippen LogP contribution in [0.25, 0.3) is 5.69 Å². The van der Waals surface area contributed by atoms with Crippen molar-refractivity contribution in [2.24, 2.45) is 0 Å². The Balaban J connectivity index is 1.49. The molecule has 0 radical (unpaired) electrons. The molecular formula is C30H25Cl2N5O3S2. The topological polar surface area (TPSA) is 97.2 Å². The molecule has 0 unspecified atom stereocenters. The minimum atomic E-state index is -4.03. The zero-order valence-electron chi connectivity index (χ0n) is 22.3. The van der Waals surface area contributed by atoms with Gasteiger partial charge >= 0.3 is 0 Å². The van der Waals surface area contributed by atoms with Crippen molar-refractivity contribution in [2.45, 2.75) is 23.5 Å². The largest absolute Gasteiger partial charge is 0.325 e. The van der Waals surface area contributed by atoms with E-state index >= 15 is 0 Å². The van der Waals surface area contributed by atoms with Crippen LogP contribution in [0.1, 0.15) is 11.4 Å². The predicted molar refractivity (Wildman–Crippen MR) is 168 cm³/mol. The lowest BCUT2D eigenvalue weighted by Gasteiger charge is -2.25. The first-order valence-corrected chi connectivity index (χ1v) is 15.9. The summed E-state index contributed by atoms with van der Waals surface area (Å²) in [6, 6.07) is 29.4. The number of benzene rings is 4. The summed E-state index contributed by atoms with van der Waals surface area (Å²) in [6.45, 7) is 1.75. The third kappa shape index (κ3) is 6.96. The molecular weight excluding hydrogens is 613 g/mol. The van der Waals surface area contributed by atoms with Crippen molar-refractivity contribution in [2.75, 3.05) is 15.4 Å². The first-order chi connectivity index (χ1) is 20.2. The van der Waals surface area contributed by atoms with Crippen molar-refractivity contribution in [1.29, 1.82) is 0 Å². The maximum absolute atomic E-state index is 14.0. The van der Waals surface area contributed by atoms with Gasteiger partial charge in [0, 0.05) is 21.4 Å². The van der Waals surface area contributed by atoms with Gasteiger partial charge in [-0.3, -0.25) is 13.7 Å². The summed E-state index contributed by atoms with van der Waals surface area (Å²) >= 11 is 13.4. The Morgan fingerprint density at radius 1 is 0.881 bits per heavy atom. The van der Waals surface area contributed by atoms with E-state index in [0.717, 1.165) is 11.3 Å². The van der Waals surface area contributed by atoms with Gasteiger partial charge in [-0.2, -0.15) is 0 Å². The number of sulfonamides is 1. The normalized spacial score (nSPS) is 11.3. The highest BCUT2D eigenvalue weighted by Gasteiger charge is 2.28. The molecule has 1 N–H and O–H groups in total. The molecule has 0 aliphatic rings. The van der Waals surface area contributed by atoms with Gasteiger partial charge in [0.2, 0.25) is 5.91 Å². The lowest BCUT2D eigenvalue weighted by molar-refractivity contribution is -0.113. The van der Waals surface area contributed by atoms with Crippen LogP contribution in [0.2, 0.25) is 10.0 Å². The summed E-state index contributed by atoms with van der Waals surface area (Å²) in [5.74, 6) is 0.166. The summed E-state index contributed by atoms with van der Waals surface area (Å²) in [5, 5.41) is 13.0. The summed E-state index contributed by atoms with van der Waals surface area (Å²) in [5.41, 5.74) is 2.65. The summed E-state index contributed by atoms with van der Waals surface area (Å²) in [7, 11) is -4.03. The fourth-order valence-corrected chi connectivity index (χ4v) is 6.60. The molecule has 12 heteroatoms. The third-order valence-electron chi connectivity index (χ3n) is 6.17. The number of anilines is 2. The van der Waals surface area contributed by atoms with E-state index in [2.05, 4.69) is 15.5 Å². The van der Waals surface area contributed by atoms with Crippen LogP contribution in [0.4, 0.5) is 11.4 Å². The van der Waals surface area contributed by atoms with Gasteiger partial charge in [-0.15, -0.1) is 10.2 Å². The number of rotatable bonds is 10. The molecule has 4 aromatic carbocycles. The average molecular weight is 639 g/mol. The van der Waals surface area contributed by atoms with Gasteiger partial charge in [0.05, 0.1) is 22.9 Å². The molecule has 0 fully saturated rings. The van der Waals surface area contributed by atoms with Crippen molar-refractivity contribution in [3.8, 4) is 5.69 Å². The molecule has 1 aromatic heterocycles. The quantitative estimate of drug-likeness (QED) is 0.165. The monoisotopic (exact) mass is 637 g/mol. The molecule has 0 saturated heterocycles. The van der Waals surface area contributed by atoms with Gasteiger partial charge in [-0.05, 0) is 73.7 Å². The standard InChI is InChI=1S/C30H25Cl2N5O3S2/c1-21-10-16-27(17-11-21)42(39,40)36(26-9-5-6-23(32)18-26)19-28-34-35-30(37(28)25-7-3-2-4-8-25)41-20-29(38)33-24-14-12-22(31)13-15-24/h2-18H,19-20H2,1H3,(H,33,38). The van der Waals surface area contributed by atoms with E-state index < -0.39 is 10.0 Å². The van der Waals surface area contributed by atoms with Crippen molar-refractivity contribution < 1.29 is 13.2 Å².